The second-order valence-electron chi connectivity index (χ2n) is 13.0. The van der Waals surface area contributed by atoms with E-state index in [1.54, 1.807) is 12.1 Å². The van der Waals surface area contributed by atoms with Gasteiger partial charge in [0.15, 0.2) is 0 Å². The highest BCUT2D eigenvalue weighted by Crippen LogP contribution is 2.41. The fourth-order valence-corrected chi connectivity index (χ4v) is 7.24. The highest BCUT2D eigenvalue weighted by Gasteiger charge is 2.31. The van der Waals surface area contributed by atoms with Gasteiger partial charge in [-0.05, 0) is 93.2 Å². The molecular weight excluding hydrogens is 559 g/mol. The number of nitrogens with two attached hydrogens (primary N) is 1. The number of ether oxygens (including phenoxy) is 1. The van der Waals surface area contributed by atoms with Crippen LogP contribution in [-0.2, 0) is 16.1 Å². The first kappa shape index (κ1) is 29.0. The largest absolute Gasteiger partial charge is 0.375 e. The number of benzene rings is 1. The van der Waals surface area contributed by atoms with Gasteiger partial charge in [0.2, 0.25) is 5.91 Å². The Morgan fingerprint density at radius 2 is 1.84 bits per heavy atom. The lowest BCUT2D eigenvalue weighted by Crippen LogP contribution is -2.45. The summed E-state index contributed by atoms with van der Waals surface area (Å²) < 4.78 is 24.4. The summed E-state index contributed by atoms with van der Waals surface area (Å²) >= 11 is 0. The fraction of sp³-hybridized carbons (Fsp3) is 0.500. The maximum absolute atomic E-state index is 15.2. The van der Waals surface area contributed by atoms with Crippen molar-refractivity contribution in [1.82, 2.24) is 24.0 Å². The summed E-state index contributed by atoms with van der Waals surface area (Å²) in [6.07, 6.45) is 7.62. The average Bonchev–Trinajstić information content (AvgIpc) is 3.70. The zero-order chi connectivity index (χ0) is 30.5. The molecule has 5 heterocycles. The molecule has 1 aliphatic carbocycles. The summed E-state index contributed by atoms with van der Waals surface area (Å²) in [4.78, 5) is 29.4. The number of hydrogen-bond donors (Lipinski definition) is 1. The number of amides is 2. The summed E-state index contributed by atoms with van der Waals surface area (Å²) in [5, 5.41) is 5.91. The van der Waals surface area contributed by atoms with Gasteiger partial charge in [0.25, 0.3) is 5.91 Å². The third kappa shape index (κ3) is 5.38. The van der Waals surface area contributed by atoms with E-state index in [0.29, 0.717) is 31.1 Å². The van der Waals surface area contributed by atoms with E-state index in [4.69, 9.17) is 15.6 Å². The molecule has 2 N–H and O–H groups in total. The van der Waals surface area contributed by atoms with E-state index in [1.165, 1.54) is 20.0 Å². The first-order valence-corrected chi connectivity index (χ1v) is 15.9. The number of hydrogen-bond acceptors (Lipinski definition) is 5. The number of halogens is 1. The van der Waals surface area contributed by atoms with Crippen LogP contribution >= 0.6 is 0 Å². The molecule has 4 aromatic rings. The highest BCUT2D eigenvalue weighted by molar-refractivity contribution is 5.95. The maximum atomic E-state index is 15.2. The summed E-state index contributed by atoms with van der Waals surface area (Å²) in [6, 6.07) is 9.29. The Labute approximate surface area is 256 Å². The molecule has 3 aliphatic rings. The predicted octanol–water partition coefficient (Wildman–Crippen LogP) is 4.73. The van der Waals surface area contributed by atoms with Crippen LogP contribution in [0.2, 0.25) is 0 Å². The number of pyridine rings is 1. The van der Waals surface area contributed by atoms with Crippen molar-refractivity contribution in [1.29, 1.82) is 0 Å². The second-order valence-corrected chi connectivity index (χ2v) is 13.0. The minimum atomic E-state index is -0.243. The first-order valence-electron chi connectivity index (χ1n) is 15.9. The van der Waals surface area contributed by atoms with E-state index >= 15 is 4.39 Å². The Balaban J connectivity index is 1.27. The molecule has 2 saturated heterocycles. The lowest BCUT2D eigenvalue weighted by molar-refractivity contribution is -0.136. The van der Waals surface area contributed by atoms with Crippen LogP contribution in [0, 0.1) is 18.7 Å². The number of fused-ring (bicyclic) bond motifs is 2. The standard InChI is InChI=1S/C34H41FN6O3/c1-21-29-8-7-24(34(43)39-11-3-4-27(36)19-39)18-41(29)37-32(21)30-15-25-14-26(35)16-28(33(25)40(30)17-22-5-6-22)23-9-12-38(13-10-23)31(42)20-44-2/h7-8,14-16,18,22-23,27H,3-6,9-13,17,19-20,36H2,1-2H3. The third-order valence-corrected chi connectivity index (χ3v) is 9.79. The Morgan fingerprint density at radius 3 is 2.57 bits per heavy atom. The van der Waals surface area contributed by atoms with Crippen LogP contribution in [0.15, 0.2) is 36.5 Å². The molecule has 3 fully saturated rings. The molecule has 0 spiro atoms. The molecule has 10 heteroatoms. The van der Waals surface area contributed by atoms with Crippen molar-refractivity contribution < 1.29 is 18.7 Å². The van der Waals surface area contributed by atoms with Gasteiger partial charge in [0.1, 0.15) is 18.1 Å². The summed E-state index contributed by atoms with van der Waals surface area (Å²) in [6.45, 7) is 5.57. The van der Waals surface area contributed by atoms with Crippen LogP contribution in [-0.4, -0.2) is 81.7 Å². The van der Waals surface area contributed by atoms with E-state index < -0.39 is 0 Å². The summed E-state index contributed by atoms with van der Waals surface area (Å²) in [5.41, 5.74) is 12.6. The highest BCUT2D eigenvalue weighted by atomic mass is 19.1. The lowest BCUT2D eigenvalue weighted by atomic mass is 9.88. The Morgan fingerprint density at radius 1 is 1.05 bits per heavy atom. The van der Waals surface area contributed by atoms with Crippen LogP contribution in [0.5, 0.6) is 0 Å². The predicted molar refractivity (Wildman–Crippen MR) is 167 cm³/mol. The number of likely N-dealkylation sites (tertiary alicyclic amines) is 2. The molecule has 2 amide bonds. The molecule has 232 valence electrons. The number of nitrogens with zero attached hydrogens (tertiary/aromatic N) is 5. The topological polar surface area (TPSA) is 98.1 Å². The van der Waals surface area contributed by atoms with Gasteiger partial charge in [-0.3, -0.25) is 9.59 Å². The zero-order valence-electron chi connectivity index (χ0n) is 25.6. The van der Waals surface area contributed by atoms with E-state index in [0.717, 1.165) is 77.7 Å². The van der Waals surface area contributed by atoms with Gasteiger partial charge < -0.3 is 24.8 Å². The minimum absolute atomic E-state index is 0.00131. The number of piperidine rings is 2. The van der Waals surface area contributed by atoms with Gasteiger partial charge in [-0.2, -0.15) is 5.10 Å². The Kier molecular flexibility index (Phi) is 7.66. The minimum Gasteiger partial charge on any atom is -0.375 e. The number of methoxy groups -OCH3 is 1. The van der Waals surface area contributed by atoms with Crippen molar-refractivity contribution >= 4 is 28.2 Å². The van der Waals surface area contributed by atoms with Crippen molar-refractivity contribution in [2.75, 3.05) is 39.9 Å². The van der Waals surface area contributed by atoms with Crippen LogP contribution in [0.3, 0.4) is 0 Å². The Bertz CT molecular complexity index is 1730. The fourth-order valence-electron chi connectivity index (χ4n) is 7.24. The van der Waals surface area contributed by atoms with Crippen LogP contribution in [0.4, 0.5) is 4.39 Å². The van der Waals surface area contributed by atoms with Gasteiger partial charge in [-0.1, -0.05) is 0 Å². The maximum Gasteiger partial charge on any atom is 0.255 e. The SMILES string of the molecule is COCC(=O)N1CCC(c2cc(F)cc3cc(-c4nn5cc(C(=O)N6CCCC(N)C6)ccc5c4C)n(CC4CC4)c23)CC1. The van der Waals surface area contributed by atoms with Crippen molar-refractivity contribution in [3.63, 3.8) is 0 Å². The van der Waals surface area contributed by atoms with E-state index in [-0.39, 0.29) is 36.2 Å². The first-order chi connectivity index (χ1) is 21.3. The van der Waals surface area contributed by atoms with Gasteiger partial charge in [0.05, 0.1) is 22.3 Å². The number of carbonyl (C=O) groups excluding carboxylic acids is 2. The number of carbonyl (C=O) groups is 2. The van der Waals surface area contributed by atoms with E-state index in [2.05, 4.69) is 17.6 Å². The number of aryl methyl sites for hydroxylation is 1. The molecule has 44 heavy (non-hydrogen) atoms. The van der Waals surface area contributed by atoms with E-state index in [9.17, 15) is 9.59 Å². The molecule has 7 rings (SSSR count). The molecule has 3 aromatic heterocycles. The van der Waals surface area contributed by atoms with Crippen LogP contribution < -0.4 is 5.73 Å². The molecule has 2 aliphatic heterocycles. The summed E-state index contributed by atoms with van der Waals surface area (Å²) in [7, 11) is 1.54. The zero-order valence-corrected chi connectivity index (χ0v) is 25.6. The molecule has 0 bridgehead atoms. The molecule has 1 aromatic carbocycles. The number of aromatic nitrogens is 3. The monoisotopic (exact) mass is 600 g/mol. The molecule has 0 radical (unpaired) electrons. The Hall–Kier alpha value is -3.76. The molecule has 1 saturated carbocycles. The molecule has 9 nitrogen and oxygen atoms in total. The molecule has 1 unspecified atom stereocenters. The van der Waals surface area contributed by atoms with Gasteiger partial charge in [-0.25, -0.2) is 8.91 Å². The lowest BCUT2D eigenvalue weighted by Gasteiger charge is -2.32. The normalized spacial score (nSPS) is 19.8. The van der Waals surface area contributed by atoms with Gasteiger partial charge >= 0.3 is 0 Å². The molecular formula is C34H41FN6O3. The van der Waals surface area contributed by atoms with Crippen molar-refractivity contribution in [2.24, 2.45) is 11.7 Å². The van der Waals surface area contributed by atoms with E-state index in [1.807, 2.05) is 32.6 Å². The van der Waals surface area contributed by atoms with Gasteiger partial charge in [-0.15, -0.1) is 0 Å². The quantitative estimate of drug-likeness (QED) is 0.331. The number of rotatable bonds is 7. The summed E-state index contributed by atoms with van der Waals surface area (Å²) in [5.74, 6) is 0.483. The second kappa shape index (κ2) is 11.6. The third-order valence-electron chi connectivity index (χ3n) is 9.79. The smallest absolute Gasteiger partial charge is 0.255 e. The van der Waals surface area contributed by atoms with Crippen molar-refractivity contribution in [3.05, 3.63) is 59.0 Å². The van der Waals surface area contributed by atoms with Crippen molar-refractivity contribution in [2.45, 2.75) is 64.0 Å². The average molecular weight is 601 g/mol. The van der Waals surface area contributed by atoms with Crippen LogP contribution in [0.25, 0.3) is 27.8 Å². The molecule has 1 atom stereocenters. The van der Waals surface area contributed by atoms with Crippen molar-refractivity contribution in [3.8, 4) is 11.4 Å². The van der Waals surface area contributed by atoms with Crippen LogP contribution in [0.1, 0.15) is 65.9 Å². The van der Waals surface area contributed by atoms with Gasteiger partial charge in [0, 0.05) is 63.0 Å².